The first-order valence-corrected chi connectivity index (χ1v) is 16.2. The van der Waals surface area contributed by atoms with E-state index in [9.17, 15) is 29.1 Å². The Bertz CT molecular complexity index is 1770. The predicted molar refractivity (Wildman–Crippen MR) is 141 cm³/mol. The number of nitrogens with two attached hydrogens (primary N) is 1. The third kappa shape index (κ3) is 5.19. The number of nitrogens with zero attached hydrogens (tertiary/aromatic N) is 8. The molecule has 236 valence electrons. The van der Waals surface area contributed by atoms with Gasteiger partial charge in [0.25, 0.3) is 0 Å². The molecule has 10 atom stereocenters. The number of aromatic nitrogens is 8. The number of aliphatic hydroxyl groups is 2. The molecule has 0 aliphatic carbocycles. The van der Waals surface area contributed by atoms with E-state index in [1.54, 1.807) is 6.92 Å². The molecule has 3 saturated heterocycles. The molecule has 0 bridgehead atoms. The third-order valence-electron chi connectivity index (χ3n) is 7.20. The maximum Gasteiger partial charge on any atom is 0.472 e. The molecule has 0 spiro atoms. The van der Waals surface area contributed by atoms with Crippen molar-refractivity contribution < 1.29 is 56.9 Å². The molecule has 4 unspecified atom stereocenters. The molecule has 4 aromatic heterocycles. The van der Waals surface area contributed by atoms with Gasteiger partial charge in [-0.3, -0.25) is 27.3 Å². The average molecular weight is 657 g/mol. The molecular formula is C21H25N9O12P2. The topological polar surface area (TPSA) is 284 Å². The first-order valence-electron chi connectivity index (χ1n) is 12.9. The Morgan fingerprint density at radius 2 is 1.66 bits per heavy atom. The molecule has 3 aliphatic rings. The predicted octanol–water partition coefficient (Wildman–Crippen LogP) is -0.909. The molecule has 44 heavy (non-hydrogen) atoms. The zero-order chi connectivity index (χ0) is 31.0. The van der Waals surface area contributed by atoms with Gasteiger partial charge in [-0.05, 0) is 6.92 Å². The number of phosphoric acid groups is 1. The fourth-order valence-electron chi connectivity index (χ4n) is 5.20. The summed E-state index contributed by atoms with van der Waals surface area (Å²) in [4.78, 5) is 45.9. The molecule has 0 radical (unpaired) electrons. The number of hydrogen-bond donors (Lipinski definition) is 5. The minimum Gasteiger partial charge on any atom is -0.386 e. The quantitative estimate of drug-likeness (QED) is 0.163. The van der Waals surface area contributed by atoms with Gasteiger partial charge in [-0.2, -0.15) is 0 Å². The number of rotatable bonds is 2. The lowest BCUT2D eigenvalue weighted by atomic mass is 10.1. The first kappa shape index (κ1) is 29.7. The molecule has 0 aromatic carbocycles. The molecule has 4 aromatic rings. The Balaban J connectivity index is 1.16. The maximum atomic E-state index is 13.2. The normalized spacial score (nSPS) is 38.3. The lowest BCUT2D eigenvalue weighted by molar-refractivity contribution is -0.168. The van der Waals surface area contributed by atoms with Crippen molar-refractivity contribution in [3.63, 3.8) is 0 Å². The van der Waals surface area contributed by atoms with Gasteiger partial charge in [-0.15, -0.1) is 0 Å². The minimum absolute atomic E-state index is 0.0497. The third-order valence-corrected chi connectivity index (χ3v) is 9.23. The van der Waals surface area contributed by atoms with E-state index in [1.165, 1.54) is 28.0 Å². The number of fused-ring (bicyclic) bond motifs is 4. The molecule has 23 heteroatoms. The van der Waals surface area contributed by atoms with Crippen LogP contribution in [0.5, 0.6) is 0 Å². The van der Waals surface area contributed by atoms with Crippen molar-refractivity contribution in [2.24, 2.45) is 0 Å². The van der Waals surface area contributed by atoms with Crippen LogP contribution >= 0.6 is 15.4 Å². The lowest BCUT2D eigenvalue weighted by Gasteiger charge is -2.28. The van der Waals surface area contributed by atoms with E-state index < -0.39 is 77.6 Å². The Kier molecular flexibility index (Phi) is 7.28. The standard InChI is InChI=1S/C21H25N9O12P2/c1-8-23-2-9-17(28-8)29(5-26-9)19-12(31)14-10(39-19)3-38-44(35,36)42-15-13(32)20(40-21(15)37-7-43(33,34)41-14)30-6-27-11-16(22)24-4-25-18(11)30/h2,4-6,10,12-15,19-21,31-32H,3,7H2,1H3,(H,33,34)(H,35,36)(H2,22,24,25)/t10-,12?,13?,14+,15-,19-,20-,21+/m1/s1. The monoisotopic (exact) mass is 657 g/mol. The fourth-order valence-corrected chi connectivity index (χ4v) is 7.17. The van der Waals surface area contributed by atoms with E-state index >= 15 is 0 Å². The van der Waals surface area contributed by atoms with E-state index in [0.29, 0.717) is 17.0 Å². The molecule has 21 nitrogen and oxygen atoms in total. The highest BCUT2D eigenvalue weighted by atomic mass is 31.2. The number of nitrogen functional groups attached to an aromatic ring is 1. The van der Waals surface area contributed by atoms with Gasteiger partial charge in [0.2, 0.25) is 0 Å². The van der Waals surface area contributed by atoms with Gasteiger partial charge in [-0.1, -0.05) is 0 Å². The second kappa shape index (κ2) is 10.8. The second-order valence-electron chi connectivity index (χ2n) is 10.1. The Morgan fingerprint density at radius 1 is 0.932 bits per heavy atom. The number of hydrogen-bond acceptors (Lipinski definition) is 17. The van der Waals surface area contributed by atoms with Gasteiger partial charge in [0.1, 0.15) is 47.6 Å². The molecule has 0 saturated carbocycles. The van der Waals surface area contributed by atoms with Crippen LogP contribution in [0.15, 0.2) is 25.2 Å². The first-order chi connectivity index (χ1) is 20.9. The van der Waals surface area contributed by atoms with Gasteiger partial charge >= 0.3 is 15.4 Å². The van der Waals surface area contributed by atoms with Crippen LogP contribution < -0.4 is 5.73 Å². The number of phosphoric ester groups is 1. The summed E-state index contributed by atoms with van der Waals surface area (Å²) in [6.07, 6.45) is -8.11. The average Bonchev–Trinajstić information content (AvgIpc) is 3.72. The van der Waals surface area contributed by atoms with Crippen LogP contribution in [0.2, 0.25) is 0 Å². The van der Waals surface area contributed by atoms with E-state index in [2.05, 4.69) is 29.9 Å². The number of imidazole rings is 2. The van der Waals surface area contributed by atoms with E-state index in [1.807, 2.05) is 0 Å². The molecule has 7 rings (SSSR count). The molecule has 7 heterocycles. The van der Waals surface area contributed by atoms with Crippen molar-refractivity contribution in [1.29, 1.82) is 0 Å². The lowest BCUT2D eigenvalue weighted by Crippen LogP contribution is -2.38. The summed E-state index contributed by atoms with van der Waals surface area (Å²) in [5, 5.41) is 22.3. The van der Waals surface area contributed by atoms with Crippen molar-refractivity contribution in [1.82, 2.24) is 39.0 Å². The van der Waals surface area contributed by atoms with Crippen molar-refractivity contribution >= 4 is 43.6 Å². The van der Waals surface area contributed by atoms with Crippen molar-refractivity contribution in [2.75, 3.05) is 18.7 Å². The highest BCUT2D eigenvalue weighted by Crippen LogP contribution is 2.53. The van der Waals surface area contributed by atoms with Gasteiger partial charge < -0.3 is 39.9 Å². The highest BCUT2D eigenvalue weighted by molar-refractivity contribution is 7.52. The van der Waals surface area contributed by atoms with Gasteiger partial charge in [0.05, 0.1) is 25.5 Å². The van der Waals surface area contributed by atoms with Crippen molar-refractivity contribution in [3.05, 3.63) is 31.0 Å². The van der Waals surface area contributed by atoms with Crippen molar-refractivity contribution in [2.45, 2.75) is 56.2 Å². The van der Waals surface area contributed by atoms with E-state index in [4.69, 9.17) is 33.5 Å². The van der Waals surface area contributed by atoms with Crippen molar-refractivity contribution in [3.8, 4) is 0 Å². The Hall–Kier alpha value is -3.04. The number of aliphatic hydroxyl groups excluding tert-OH is 2. The molecule has 0 amide bonds. The van der Waals surface area contributed by atoms with Crippen LogP contribution in [-0.2, 0) is 36.9 Å². The van der Waals surface area contributed by atoms with Gasteiger partial charge in [0.15, 0.2) is 48.3 Å². The highest BCUT2D eigenvalue weighted by Gasteiger charge is 2.54. The number of ether oxygens (including phenoxy) is 3. The summed E-state index contributed by atoms with van der Waals surface area (Å²) in [6.45, 7) is 0.904. The zero-order valence-corrected chi connectivity index (χ0v) is 24.2. The summed E-state index contributed by atoms with van der Waals surface area (Å²) in [5.41, 5.74) is 6.84. The molecular weight excluding hydrogens is 632 g/mol. The van der Waals surface area contributed by atoms with Crippen LogP contribution in [-0.4, -0.2) is 109 Å². The van der Waals surface area contributed by atoms with Crippen LogP contribution in [0.1, 0.15) is 18.3 Å². The molecule has 6 N–H and O–H groups in total. The van der Waals surface area contributed by atoms with Crippen LogP contribution in [0.4, 0.5) is 5.82 Å². The Labute approximate surface area is 245 Å². The zero-order valence-electron chi connectivity index (χ0n) is 22.4. The van der Waals surface area contributed by atoms with Crippen LogP contribution in [0, 0.1) is 6.92 Å². The van der Waals surface area contributed by atoms with Gasteiger partial charge in [-0.25, -0.2) is 34.5 Å². The summed E-state index contributed by atoms with van der Waals surface area (Å²) < 4.78 is 61.8. The summed E-state index contributed by atoms with van der Waals surface area (Å²) in [5.74, 6) is 0.456. The summed E-state index contributed by atoms with van der Waals surface area (Å²) in [7, 11) is -9.72. The van der Waals surface area contributed by atoms with Crippen LogP contribution in [0.25, 0.3) is 22.3 Å². The fraction of sp³-hybridized carbons (Fsp3) is 0.524. The smallest absolute Gasteiger partial charge is 0.386 e. The summed E-state index contributed by atoms with van der Waals surface area (Å²) >= 11 is 0. The minimum atomic E-state index is -5.01. The maximum absolute atomic E-state index is 13.2. The Morgan fingerprint density at radius 3 is 2.48 bits per heavy atom. The van der Waals surface area contributed by atoms with Crippen LogP contribution in [0.3, 0.4) is 0 Å². The largest absolute Gasteiger partial charge is 0.472 e. The molecule has 3 aliphatic heterocycles. The number of anilines is 1. The number of aryl methyl sites for hydroxylation is 1. The van der Waals surface area contributed by atoms with E-state index in [0.717, 1.165) is 6.33 Å². The second-order valence-corrected chi connectivity index (χ2v) is 13.3. The van der Waals surface area contributed by atoms with Gasteiger partial charge in [0, 0.05) is 0 Å². The summed E-state index contributed by atoms with van der Waals surface area (Å²) in [6, 6.07) is 0. The SMILES string of the molecule is Cc1ncc2ncn([C@@H]3O[C@@H]4COP(=O)(O)O[C@@H]5C(O)[C@H](n6cnc7c(N)ncnc76)O[C@@H]5OCP(=O)(O)O[C@@H]4C3O)c2n1. The van der Waals surface area contributed by atoms with E-state index in [-0.39, 0.29) is 17.0 Å². The molecule has 3 fully saturated rings.